The Kier molecular flexibility index (Phi) is 3.80. The van der Waals surface area contributed by atoms with Gasteiger partial charge in [0.15, 0.2) is 0 Å². The van der Waals surface area contributed by atoms with Crippen LogP contribution in [0.1, 0.15) is 13.8 Å². The molecule has 15 heavy (non-hydrogen) atoms. The van der Waals surface area contributed by atoms with Crippen LogP contribution in [0.4, 0.5) is 10.1 Å². The Hall–Kier alpha value is -1.42. The van der Waals surface area contributed by atoms with Crippen LogP contribution in [0.25, 0.3) is 0 Å². The zero-order valence-electron chi connectivity index (χ0n) is 8.77. The second-order valence-electron chi connectivity index (χ2n) is 3.49. The van der Waals surface area contributed by atoms with Crippen molar-refractivity contribution in [3.63, 3.8) is 0 Å². The van der Waals surface area contributed by atoms with Gasteiger partial charge in [-0.25, -0.2) is 4.39 Å². The van der Waals surface area contributed by atoms with Crippen molar-refractivity contribution >= 4 is 11.6 Å². The van der Waals surface area contributed by atoms with Gasteiger partial charge in [0, 0.05) is 11.7 Å². The predicted molar refractivity (Wildman–Crippen MR) is 56.1 cm³/mol. The molecule has 1 aromatic carbocycles. The third kappa shape index (κ3) is 2.76. The number of hydrogen-bond acceptors (Lipinski definition) is 2. The maximum absolute atomic E-state index is 12.7. The summed E-state index contributed by atoms with van der Waals surface area (Å²) in [6.07, 6.45) is 0. The maximum atomic E-state index is 12.7. The molecule has 0 fully saturated rings. The fourth-order valence-electron chi connectivity index (χ4n) is 1.41. The lowest BCUT2D eigenvalue weighted by Gasteiger charge is -2.26. The standard InChI is InChI=1S/C11H14FNO2/c1-8(2)13(11(15)7-14)10-5-3-9(12)4-6-10/h3-6,8,14H,7H2,1-2H3/i3+1,4+1,5+1,6+1,9+1,10+1. The largest absolute Gasteiger partial charge is 0.387 e. The number of halogens is 1. The monoisotopic (exact) mass is 217 g/mol. The lowest BCUT2D eigenvalue weighted by atomic mass is 10.3. The van der Waals surface area contributed by atoms with Crippen LogP contribution >= 0.6 is 0 Å². The first-order chi connectivity index (χ1) is 7.06. The highest BCUT2D eigenvalue weighted by atomic mass is 19.2. The summed E-state index contributed by atoms with van der Waals surface area (Å²) in [6, 6.07) is 5.53. The fraction of sp³-hybridized carbons (Fsp3) is 0.364. The van der Waals surface area contributed by atoms with Crippen LogP contribution in [0.2, 0.25) is 0 Å². The third-order valence-electron chi connectivity index (χ3n) is 2.03. The molecule has 0 aromatic heterocycles. The summed E-state index contributed by atoms with van der Waals surface area (Å²) in [5.41, 5.74) is 0.588. The lowest BCUT2D eigenvalue weighted by molar-refractivity contribution is -0.121. The van der Waals surface area contributed by atoms with Gasteiger partial charge in [-0.3, -0.25) is 4.79 Å². The molecule has 0 spiro atoms. The molecule has 0 atom stereocenters. The Morgan fingerprint density at radius 1 is 1.40 bits per heavy atom. The van der Waals surface area contributed by atoms with Crippen LogP contribution < -0.4 is 4.90 Å². The molecule has 1 N–H and O–H groups in total. The Morgan fingerprint density at radius 2 is 1.93 bits per heavy atom. The lowest BCUT2D eigenvalue weighted by Crippen LogP contribution is -2.38. The van der Waals surface area contributed by atoms with Crippen molar-refractivity contribution in [2.45, 2.75) is 19.9 Å². The topological polar surface area (TPSA) is 40.5 Å². The summed E-state index contributed by atoms with van der Waals surface area (Å²) in [5, 5.41) is 8.80. The Labute approximate surface area is 88.1 Å². The number of amides is 1. The molecule has 1 amide bonds. The number of aliphatic hydroxyl groups excluding tert-OH is 1. The zero-order chi connectivity index (χ0) is 11.4. The minimum absolute atomic E-state index is 0.0740. The summed E-state index contributed by atoms with van der Waals surface area (Å²) >= 11 is 0. The Balaban J connectivity index is 2.99. The quantitative estimate of drug-likeness (QED) is 0.834. The number of hydrogen-bond donors (Lipinski definition) is 1. The van der Waals surface area contributed by atoms with E-state index in [-0.39, 0.29) is 11.9 Å². The zero-order valence-corrected chi connectivity index (χ0v) is 8.77. The molecule has 82 valence electrons. The van der Waals surface area contributed by atoms with Crippen molar-refractivity contribution in [1.82, 2.24) is 0 Å². The predicted octanol–water partition coefficient (Wildman–Crippen LogP) is 1.56. The number of anilines is 1. The SMILES string of the molecule is CC(C)N(C(=O)CO)[13c]1[13cH][13cH][13c](F)[13cH][13cH]1. The van der Waals surface area contributed by atoms with E-state index < -0.39 is 12.5 Å². The van der Waals surface area contributed by atoms with E-state index in [1.165, 1.54) is 29.2 Å². The number of benzene rings is 1. The minimum Gasteiger partial charge on any atom is -0.387 e. The van der Waals surface area contributed by atoms with Gasteiger partial charge in [-0.2, -0.15) is 0 Å². The summed E-state index contributed by atoms with van der Waals surface area (Å²) in [6.45, 7) is 3.11. The van der Waals surface area contributed by atoms with Crippen LogP contribution in [0.15, 0.2) is 24.3 Å². The first-order valence-corrected chi connectivity index (χ1v) is 4.74. The molecule has 0 heterocycles. The van der Waals surface area contributed by atoms with Crippen molar-refractivity contribution < 1.29 is 14.3 Å². The average Bonchev–Trinajstić information content (AvgIpc) is 2.20. The van der Waals surface area contributed by atoms with E-state index in [9.17, 15) is 9.18 Å². The van der Waals surface area contributed by atoms with E-state index >= 15 is 0 Å². The van der Waals surface area contributed by atoms with Gasteiger partial charge in [-0.15, -0.1) is 0 Å². The second-order valence-corrected chi connectivity index (χ2v) is 3.49. The summed E-state index contributed by atoms with van der Waals surface area (Å²) in [7, 11) is 0. The van der Waals surface area contributed by atoms with Crippen LogP contribution in [-0.2, 0) is 4.79 Å². The van der Waals surface area contributed by atoms with Crippen molar-refractivity contribution in [2.24, 2.45) is 0 Å². The van der Waals surface area contributed by atoms with Crippen LogP contribution in [0.5, 0.6) is 0 Å². The molecule has 4 heteroatoms. The molecule has 0 radical (unpaired) electrons. The first-order valence-electron chi connectivity index (χ1n) is 4.74. The summed E-state index contributed by atoms with van der Waals surface area (Å²) < 4.78 is 12.7. The molecule has 0 saturated heterocycles. The van der Waals surface area contributed by atoms with Gasteiger partial charge in [0.2, 0.25) is 0 Å². The van der Waals surface area contributed by atoms with E-state index in [4.69, 9.17) is 5.11 Å². The molecule has 0 aliphatic rings. The Morgan fingerprint density at radius 3 is 2.33 bits per heavy atom. The normalized spacial score (nSPS) is 10.5. The van der Waals surface area contributed by atoms with E-state index in [1.807, 2.05) is 13.8 Å². The molecule has 1 rings (SSSR count). The number of rotatable bonds is 3. The Bertz CT molecular complexity index is 335. The van der Waals surface area contributed by atoms with Crippen molar-refractivity contribution in [1.29, 1.82) is 0 Å². The maximum Gasteiger partial charge on any atom is 0.252 e. The highest BCUT2D eigenvalue weighted by Crippen LogP contribution is 2.17. The molecular weight excluding hydrogens is 203 g/mol. The first kappa shape index (κ1) is 11.7. The smallest absolute Gasteiger partial charge is 0.252 e. The number of carbonyl (C=O) groups excluding carboxylic acids is 1. The van der Waals surface area contributed by atoms with Gasteiger partial charge in [-0.1, -0.05) is 0 Å². The van der Waals surface area contributed by atoms with E-state index in [1.54, 1.807) is 0 Å². The van der Waals surface area contributed by atoms with E-state index in [0.717, 1.165) is 0 Å². The van der Waals surface area contributed by atoms with Gasteiger partial charge in [0.05, 0.1) is 0 Å². The van der Waals surface area contributed by atoms with Crippen LogP contribution in [0.3, 0.4) is 0 Å². The number of aliphatic hydroxyl groups is 1. The number of nitrogens with zero attached hydrogens (tertiary/aromatic N) is 1. The van der Waals surface area contributed by atoms with E-state index in [2.05, 4.69) is 0 Å². The summed E-state index contributed by atoms with van der Waals surface area (Å²) in [5.74, 6) is -0.740. The van der Waals surface area contributed by atoms with Crippen molar-refractivity contribution in [2.75, 3.05) is 11.5 Å². The van der Waals surface area contributed by atoms with Crippen LogP contribution in [-0.4, -0.2) is 23.7 Å². The molecule has 0 saturated carbocycles. The van der Waals surface area contributed by atoms with Crippen molar-refractivity contribution in [3.8, 4) is 0 Å². The van der Waals surface area contributed by atoms with Crippen LogP contribution in [0, 0.1) is 5.82 Å². The molecule has 1 aromatic rings. The van der Waals surface area contributed by atoms with Gasteiger partial charge in [0.1, 0.15) is 12.4 Å². The molecule has 0 aliphatic carbocycles. The molecule has 3 nitrogen and oxygen atoms in total. The van der Waals surface area contributed by atoms with Crippen molar-refractivity contribution in [3.05, 3.63) is 30.1 Å². The number of carbonyl (C=O) groups is 1. The third-order valence-corrected chi connectivity index (χ3v) is 2.03. The van der Waals surface area contributed by atoms with Gasteiger partial charge in [0.25, 0.3) is 5.91 Å². The average molecular weight is 217 g/mol. The second kappa shape index (κ2) is 4.89. The van der Waals surface area contributed by atoms with Gasteiger partial charge < -0.3 is 10.0 Å². The summed E-state index contributed by atoms with van der Waals surface area (Å²) in [4.78, 5) is 12.9. The highest BCUT2D eigenvalue weighted by molar-refractivity contribution is 5.94. The molecule has 0 unspecified atom stereocenters. The van der Waals surface area contributed by atoms with E-state index in [0.29, 0.717) is 5.69 Å². The van der Waals surface area contributed by atoms with Gasteiger partial charge in [-0.05, 0) is 38.1 Å². The fourth-order valence-corrected chi connectivity index (χ4v) is 1.41. The molecule has 0 bridgehead atoms. The minimum atomic E-state index is -0.546. The highest BCUT2D eigenvalue weighted by Gasteiger charge is 2.17. The van der Waals surface area contributed by atoms with Gasteiger partial charge >= 0.3 is 0 Å². The molecule has 0 aliphatic heterocycles. The molecular formula is C11H14FNO2.